The highest BCUT2D eigenvalue weighted by atomic mass is 16.4. The van der Waals surface area contributed by atoms with E-state index in [0.29, 0.717) is 43.9 Å². The Kier molecular flexibility index (Phi) is 7.32. The molecular formula is C26H26N4O7. The predicted octanol–water partition coefficient (Wildman–Crippen LogP) is 1.38. The molecule has 0 radical (unpaired) electrons. The largest absolute Gasteiger partial charge is 0.478 e. The van der Waals surface area contributed by atoms with Gasteiger partial charge in [-0.15, -0.1) is 0 Å². The van der Waals surface area contributed by atoms with E-state index >= 15 is 0 Å². The molecule has 2 aliphatic heterocycles. The molecule has 1 atom stereocenters. The van der Waals surface area contributed by atoms with E-state index in [4.69, 9.17) is 5.11 Å². The fourth-order valence-corrected chi connectivity index (χ4v) is 4.64. The fourth-order valence-electron chi connectivity index (χ4n) is 4.64. The lowest BCUT2D eigenvalue weighted by atomic mass is 10.1. The summed E-state index contributed by atoms with van der Waals surface area (Å²) in [5.74, 6) is -3.12. The van der Waals surface area contributed by atoms with Gasteiger partial charge in [-0.2, -0.15) is 0 Å². The third kappa shape index (κ3) is 4.92. The topological polar surface area (TPSA) is 144 Å². The molecule has 0 saturated carbocycles. The maximum Gasteiger partial charge on any atom is 0.335 e. The number of rotatable bonds is 8. The summed E-state index contributed by atoms with van der Waals surface area (Å²) in [6.07, 6.45) is 0.992. The van der Waals surface area contributed by atoms with Gasteiger partial charge >= 0.3 is 5.97 Å². The Labute approximate surface area is 212 Å². The number of carbonyl (C=O) groups excluding carboxylic acids is 5. The van der Waals surface area contributed by atoms with Crippen molar-refractivity contribution >= 4 is 41.7 Å². The average molecular weight is 507 g/mol. The summed E-state index contributed by atoms with van der Waals surface area (Å²) in [7, 11) is 0. The minimum Gasteiger partial charge on any atom is -0.478 e. The Morgan fingerprint density at radius 2 is 1.57 bits per heavy atom. The molecule has 37 heavy (non-hydrogen) atoms. The smallest absolute Gasteiger partial charge is 0.335 e. The zero-order valence-corrected chi connectivity index (χ0v) is 20.2. The Balaban J connectivity index is 1.46. The van der Waals surface area contributed by atoms with Crippen LogP contribution < -0.4 is 10.2 Å². The van der Waals surface area contributed by atoms with Crippen LogP contribution in [0.2, 0.25) is 0 Å². The number of amides is 5. The van der Waals surface area contributed by atoms with Gasteiger partial charge < -0.3 is 14.9 Å². The summed E-state index contributed by atoms with van der Waals surface area (Å²) in [4.78, 5) is 77.7. The molecule has 11 nitrogen and oxygen atoms in total. The molecule has 1 unspecified atom stereocenters. The van der Waals surface area contributed by atoms with Gasteiger partial charge in [0.1, 0.15) is 6.04 Å². The van der Waals surface area contributed by atoms with E-state index in [9.17, 15) is 28.8 Å². The fraction of sp³-hybridized carbons (Fsp3) is 0.308. The molecule has 4 rings (SSSR count). The summed E-state index contributed by atoms with van der Waals surface area (Å²) in [5, 5.41) is 11.1. The molecule has 1 saturated heterocycles. The molecule has 2 aromatic rings. The molecule has 192 valence electrons. The van der Waals surface area contributed by atoms with Crippen LogP contribution in [0.3, 0.4) is 0 Å². The first-order chi connectivity index (χ1) is 17.8. The quantitative estimate of drug-likeness (QED) is 0.404. The van der Waals surface area contributed by atoms with Crippen LogP contribution in [-0.4, -0.2) is 83.1 Å². The molecule has 5 amide bonds. The Morgan fingerprint density at radius 1 is 0.946 bits per heavy atom. The van der Waals surface area contributed by atoms with Crippen LogP contribution in [0.15, 0.2) is 42.5 Å². The van der Waals surface area contributed by atoms with Crippen LogP contribution in [0.4, 0.5) is 5.69 Å². The summed E-state index contributed by atoms with van der Waals surface area (Å²) >= 11 is 0. The Bertz CT molecular complexity index is 1270. The van der Waals surface area contributed by atoms with E-state index in [1.165, 1.54) is 24.3 Å². The number of nitrogens with zero attached hydrogens (tertiary/aromatic N) is 3. The highest BCUT2D eigenvalue weighted by Crippen LogP contribution is 2.30. The molecule has 1 fully saturated rings. The van der Waals surface area contributed by atoms with E-state index in [1.807, 2.05) is 17.1 Å². The lowest BCUT2D eigenvalue weighted by Crippen LogP contribution is -2.49. The molecular weight excluding hydrogens is 480 g/mol. The molecule has 2 N–H and O–H groups in total. The van der Waals surface area contributed by atoms with Crippen molar-refractivity contribution < 1.29 is 33.9 Å². The second kappa shape index (κ2) is 10.6. The molecule has 0 aliphatic carbocycles. The summed E-state index contributed by atoms with van der Waals surface area (Å²) < 4.78 is 0. The number of benzene rings is 2. The highest BCUT2D eigenvalue weighted by Gasteiger charge is 2.42. The number of anilines is 1. The summed E-state index contributed by atoms with van der Waals surface area (Å²) in [6, 6.07) is 9.62. The van der Waals surface area contributed by atoms with Crippen LogP contribution in [0, 0.1) is 0 Å². The van der Waals surface area contributed by atoms with Crippen LogP contribution >= 0.6 is 0 Å². The van der Waals surface area contributed by atoms with Gasteiger partial charge in [-0.3, -0.25) is 34.2 Å². The van der Waals surface area contributed by atoms with Crippen LogP contribution in [0.5, 0.6) is 0 Å². The molecule has 0 spiro atoms. The first-order valence-corrected chi connectivity index (χ1v) is 11.9. The van der Waals surface area contributed by atoms with Gasteiger partial charge in [0, 0.05) is 37.4 Å². The third-order valence-electron chi connectivity index (χ3n) is 6.59. The highest BCUT2D eigenvalue weighted by molar-refractivity contribution is 6.23. The zero-order valence-electron chi connectivity index (χ0n) is 20.2. The standard InChI is InChI=1S/C26H26N4O7/c1-2-3-21(22(32)27-15-31)30-24(34)19-9-8-18(14-20(19)25(30)35)28-10-12-29(13-11-28)23(33)16-4-6-17(7-5-16)26(36)37/h4-9,14-15,21H,2-3,10-13H2,1H3,(H,36,37)(H,27,31,32). The molecule has 2 aromatic carbocycles. The van der Waals surface area contributed by atoms with E-state index in [0.717, 1.165) is 4.90 Å². The number of carboxylic acids is 1. The van der Waals surface area contributed by atoms with Crippen molar-refractivity contribution in [2.75, 3.05) is 31.1 Å². The van der Waals surface area contributed by atoms with Crippen LogP contribution in [-0.2, 0) is 9.59 Å². The first kappa shape index (κ1) is 25.5. The van der Waals surface area contributed by atoms with Gasteiger partial charge in [0.2, 0.25) is 12.3 Å². The average Bonchev–Trinajstić information content (AvgIpc) is 3.16. The SMILES string of the molecule is CCCC(C(=O)NC=O)N1C(=O)c2ccc(N3CCN(C(=O)c4ccc(C(=O)O)cc4)CC3)cc2C1=O. The van der Waals surface area contributed by atoms with E-state index in [-0.39, 0.29) is 35.4 Å². The van der Waals surface area contributed by atoms with Gasteiger partial charge in [-0.1, -0.05) is 13.3 Å². The molecule has 0 aromatic heterocycles. The monoisotopic (exact) mass is 506 g/mol. The van der Waals surface area contributed by atoms with E-state index < -0.39 is 29.7 Å². The number of fused-ring (bicyclic) bond motifs is 1. The first-order valence-electron chi connectivity index (χ1n) is 11.9. The zero-order chi connectivity index (χ0) is 26.7. The van der Waals surface area contributed by atoms with Gasteiger partial charge in [-0.25, -0.2) is 4.79 Å². The van der Waals surface area contributed by atoms with Crippen molar-refractivity contribution in [3.05, 3.63) is 64.7 Å². The number of hydrogen-bond donors (Lipinski definition) is 2. The van der Waals surface area contributed by atoms with Crippen molar-refractivity contribution in [2.45, 2.75) is 25.8 Å². The second-order valence-corrected chi connectivity index (χ2v) is 8.80. The van der Waals surface area contributed by atoms with Crippen molar-refractivity contribution in [1.82, 2.24) is 15.1 Å². The Hall–Kier alpha value is -4.54. The third-order valence-corrected chi connectivity index (χ3v) is 6.59. The van der Waals surface area contributed by atoms with Gasteiger partial charge in [0.15, 0.2) is 0 Å². The van der Waals surface area contributed by atoms with Crippen molar-refractivity contribution in [1.29, 1.82) is 0 Å². The number of aromatic carboxylic acids is 1. The predicted molar refractivity (Wildman–Crippen MR) is 131 cm³/mol. The van der Waals surface area contributed by atoms with Crippen LogP contribution in [0.25, 0.3) is 0 Å². The second-order valence-electron chi connectivity index (χ2n) is 8.80. The number of carboxylic acid groups (broad SMARTS) is 1. The lowest BCUT2D eigenvalue weighted by molar-refractivity contribution is -0.128. The number of hydrogen-bond acceptors (Lipinski definition) is 7. The number of piperazine rings is 1. The Morgan fingerprint density at radius 3 is 2.16 bits per heavy atom. The number of carbonyl (C=O) groups is 6. The summed E-state index contributed by atoms with van der Waals surface area (Å²) in [6.45, 7) is 3.63. The molecule has 11 heteroatoms. The van der Waals surface area contributed by atoms with Crippen molar-refractivity contribution in [3.8, 4) is 0 Å². The van der Waals surface area contributed by atoms with Gasteiger partial charge in [-0.05, 0) is 48.9 Å². The van der Waals surface area contributed by atoms with E-state index in [1.54, 1.807) is 23.1 Å². The minimum atomic E-state index is -1.08. The maximum absolute atomic E-state index is 13.2. The number of imide groups is 2. The molecule has 2 aliphatic rings. The normalized spacial score (nSPS) is 15.9. The summed E-state index contributed by atoms with van der Waals surface area (Å²) in [5.41, 5.74) is 1.62. The van der Waals surface area contributed by atoms with Crippen molar-refractivity contribution in [2.24, 2.45) is 0 Å². The maximum atomic E-state index is 13.2. The van der Waals surface area contributed by atoms with Gasteiger partial charge in [0.05, 0.1) is 16.7 Å². The van der Waals surface area contributed by atoms with E-state index in [2.05, 4.69) is 0 Å². The molecule has 0 bridgehead atoms. The lowest BCUT2D eigenvalue weighted by Gasteiger charge is -2.36. The minimum absolute atomic E-state index is 0.106. The molecule has 2 heterocycles. The van der Waals surface area contributed by atoms with Crippen molar-refractivity contribution in [3.63, 3.8) is 0 Å². The van der Waals surface area contributed by atoms with Gasteiger partial charge in [0.25, 0.3) is 17.7 Å². The number of nitrogens with one attached hydrogen (secondary N) is 1. The van der Waals surface area contributed by atoms with Crippen LogP contribution in [0.1, 0.15) is 61.2 Å².